The Kier molecular flexibility index (Phi) is 7.68. The molecule has 0 aliphatic carbocycles. The van der Waals surface area contributed by atoms with Gasteiger partial charge < -0.3 is 10.6 Å². The molecule has 0 aromatic carbocycles. The van der Waals surface area contributed by atoms with E-state index in [-0.39, 0.29) is 5.75 Å². The van der Waals surface area contributed by atoms with Gasteiger partial charge in [0.1, 0.15) is 0 Å². The Morgan fingerprint density at radius 1 is 1.40 bits per heavy atom. The Morgan fingerprint density at radius 2 is 2.05 bits per heavy atom. The first-order chi connectivity index (χ1) is 9.49. The van der Waals surface area contributed by atoms with E-state index in [0.29, 0.717) is 31.6 Å². The molecule has 1 rings (SSSR count). The maximum absolute atomic E-state index is 12.2. The van der Waals surface area contributed by atoms with Gasteiger partial charge in [-0.05, 0) is 13.3 Å². The average Bonchev–Trinajstić information content (AvgIpc) is 2.46. The lowest BCUT2D eigenvalue weighted by Crippen LogP contribution is -2.45. The number of nitrogens with zero attached hydrogens (tertiary/aromatic N) is 2. The van der Waals surface area contributed by atoms with Gasteiger partial charge in [0.2, 0.25) is 10.0 Å². The van der Waals surface area contributed by atoms with Gasteiger partial charge in [-0.3, -0.25) is 4.99 Å². The van der Waals surface area contributed by atoms with Crippen LogP contribution in [0.15, 0.2) is 4.99 Å². The Labute approximate surface area is 126 Å². The molecule has 0 radical (unpaired) electrons. The molecule has 0 aromatic heterocycles. The summed E-state index contributed by atoms with van der Waals surface area (Å²) in [6.07, 6.45) is 0.991. The summed E-state index contributed by atoms with van der Waals surface area (Å²) in [5.41, 5.74) is 0. The molecule has 0 bridgehead atoms. The highest BCUT2D eigenvalue weighted by molar-refractivity contribution is 7.99. The van der Waals surface area contributed by atoms with Crippen molar-refractivity contribution in [1.29, 1.82) is 0 Å². The average molecular weight is 323 g/mol. The van der Waals surface area contributed by atoms with Gasteiger partial charge in [0.25, 0.3) is 0 Å². The zero-order valence-electron chi connectivity index (χ0n) is 12.6. The van der Waals surface area contributed by atoms with Crippen LogP contribution in [0.1, 0.15) is 20.3 Å². The quantitative estimate of drug-likeness (QED) is 0.544. The summed E-state index contributed by atoms with van der Waals surface area (Å²) in [5.74, 6) is 2.55. The van der Waals surface area contributed by atoms with Crippen molar-refractivity contribution in [3.05, 3.63) is 0 Å². The fraction of sp³-hybridized carbons (Fsp3) is 0.917. The van der Waals surface area contributed by atoms with E-state index in [4.69, 9.17) is 0 Å². The molecule has 6 nitrogen and oxygen atoms in total. The molecule has 1 fully saturated rings. The number of thioether (sulfide) groups is 1. The second-order valence-electron chi connectivity index (χ2n) is 4.78. The Hall–Kier alpha value is -0.470. The first-order valence-corrected chi connectivity index (χ1v) is 9.78. The van der Waals surface area contributed by atoms with Gasteiger partial charge in [-0.15, -0.1) is 0 Å². The Bertz CT molecular complexity index is 406. The number of hydrogen-bond acceptors (Lipinski definition) is 4. The van der Waals surface area contributed by atoms with Crippen molar-refractivity contribution in [1.82, 2.24) is 14.9 Å². The minimum absolute atomic E-state index is 0.110. The van der Waals surface area contributed by atoms with Crippen LogP contribution in [0.2, 0.25) is 0 Å². The second kappa shape index (κ2) is 8.74. The maximum atomic E-state index is 12.2. The lowest BCUT2D eigenvalue weighted by atomic mass is 10.3. The molecule has 118 valence electrons. The van der Waals surface area contributed by atoms with Gasteiger partial charge in [0.15, 0.2) is 5.96 Å². The highest BCUT2D eigenvalue weighted by Crippen LogP contribution is 2.12. The Balaban J connectivity index is 2.38. The van der Waals surface area contributed by atoms with Crippen molar-refractivity contribution < 1.29 is 8.42 Å². The highest BCUT2D eigenvalue weighted by atomic mass is 32.2. The molecular weight excluding hydrogens is 296 g/mol. The molecule has 1 saturated heterocycles. The first kappa shape index (κ1) is 17.6. The minimum Gasteiger partial charge on any atom is -0.355 e. The second-order valence-corrected chi connectivity index (χ2v) is 8.09. The van der Waals surface area contributed by atoms with Crippen molar-refractivity contribution in [3.63, 3.8) is 0 Å². The van der Waals surface area contributed by atoms with Gasteiger partial charge in [-0.1, -0.05) is 6.92 Å². The van der Waals surface area contributed by atoms with Crippen LogP contribution in [0.25, 0.3) is 0 Å². The summed E-state index contributed by atoms with van der Waals surface area (Å²) < 4.78 is 25.9. The predicted molar refractivity (Wildman–Crippen MR) is 86.9 cm³/mol. The molecule has 1 atom stereocenters. The zero-order valence-corrected chi connectivity index (χ0v) is 14.2. The Morgan fingerprint density at radius 3 is 2.60 bits per heavy atom. The van der Waals surface area contributed by atoms with Gasteiger partial charge in [-0.2, -0.15) is 11.8 Å². The molecule has 0 spiro atoms. The van der Waals surface area contributed by atoms with Crippen molar-refractivity contribution in [3.8, 4) is 0 Å². The fourth-order valence-corrected chi connectivity index (χ4v) is 4.27. The summed E-state index contributed by atoms with van der Waals surface area (Å²) in [4.78, 5) is 4.09. The summed E-state index contributed by atoms with van der Waals surface area (Å²) in [5, 5.41) is 6.27. The fourth-order valence-electron chi connectivity index (χ4n) is 1.78. The van der Waals surface area contributed by atoms with Crippen molar-refractivity contribution >= 4 is 27.7 Å². The standard InChI is InChI=1S/C12H26N4O2S2/c1-4-11(2)15-12(13-3)14-5-10-20(17,18)16-6-8-19-9-7-16/h11H,4-10H2,1-3H3,(H2,13,14,15). The maximum Gasteiger partial charge on any atom is 0.215 e. The molecule has 1 unspecified atom stereocenters. The van der Waals surface area contributed by atoms with Crippen LogP contribution >= 0.6 is 11.8 Å². The van der Waals surface area contributed by atoms with E-state index in [2.05, 4.69) is 29.5 Å². The molecule has 8 heteroatoms. The van der Waals surface area contributed by atoms with Gasteiger partial charge in [0.05, 0.1) is 5.75 Å². The van der Waals surface area contributed by atoms with Gasteiger partial charge in [0, 0.05) is 44.2 Å². The van der Waals surface area contributed by atoms with E-state index < -0.39 is 10.0 Å². The van der Waals surface area contributed by atoms with E-state index >= 15 is 0 Å². The number of guanidine groups is 1. The van der Waals surface area contributed by atoms with Crippen LogP contribution < -0.4 is 10.6 Å². The first-order valence-electron chi connectivity index (χ1n) is 7.02. The normalized spacial score (nSPS) is 19.6. The molecule has 20 heavy (non-hydrogen) atoms. The van der Waals surface area contributed by atoms with Crippen LogP contribution in [0.5, 0.6) is 0 Å². The number of nitrogens with one attached hydrogen (secondary N) is 2. The molecular formula is C12H26N4O2S2. The number of sulfonamides is 1. The monoisotopic (exact) mass is 322 g/mol. The molecule has 1 aliphatic rings. The number of hydrogen-bond donors (Lipinski definition) is 2. The lowest BCUT2D eigenvalue weighted by molar-refractivity contribution is 0.443. The molecule has 1 aliphatic heterocycles. The van der Waals surface area contributed by atoms with E-state index in [9.17, 15) is 8.42 Å². The topological polar surface area (TPSA) is 73.8 Å². The molecule has 0 saturated carbocycles. The van der Waals surface area contributed by atoms with E-state index in [1.54, 1.807) is 23.1 Å². The van der Waals surface area contributed by atoms with E-state index in [1.807, 2.05) is 0 Å². The van der Waals surface area contributed by atoms with Gasteiger partial charge in [-0.25, -0.2) is 12.7 Å². The minimum atomic E-state index is -3.15. The van der Waals surface area contributed by atoms with Crippen LogP contribution in [0.4, 0.5) is 0 Å². The molecule has 0 amide bonds. The van der Waals surface area contributed by atoms with Crippen LogP contribution in [-0.4, -0.2) is 68.7 Å². The predicted octanol–water partition coefficient (Wildman–Crippen LogP) is 0.329. The molecule has 0 aromatic rings. The van der Waals surface area contributed by atoms with E-state index in [1.165, 1.54) is 0 Å². The highest BCUT2D eigenvalue weighted by Gasteiger charge is 2.23. The molecule has 2 N–H and O–H groups in total. The van der Waals surface area contributed by atoms with Crippen LogP contribution in [0.3, 0.4) is 0 Å². The molecule has 1 heterocycles. The summed E-state index contributed by atoms with van der Waals surface area (Å²) in [7, 11) is -1.46. The van der Waals surface area contributed by atoms with E-state index in [0.717, 1.165) is 17.9 Å². The number of rotatable bonds is 6. The van der Waals surface area contributed by atoms with Crippen LogP contribution in [0, 0.1) is 0 Å². The third-order valence-corrected chi connectivity index (χ3v) is 6.05. The van der Waals surface area contributed by atoms with Crippen molar-refractivity contribution in [2.75, 3.05) is 43.9 Å². The van der Waals surface area contributed by atoms with Gasteiger partial charge >= 0.3 is 0 Å². The lowest BCUT2D eigenvalue weighted by Gasteiger charge is -2.25. The van der Waals surface area contributed by atoms with Crippen LogP contribution in [-0.2, 0) is 10.0 Å². The zero-order chi connectivity index (χ0) is 15.0. The third kappa shape index (κ3) is 5.88. The summed E-state index contributed by atoms with van der Waals surface area (Å²) in [6, 6.07) is 0.317. The largest absolute Gasteiger partial charge is 0.355 e. The van der Waals surface area contributed by atoms with Crippen molar-refractivity contribution in [2.45, 2.75) is 26.3 Å². The summed E-state index contributed by atoms with van der Waals surface area (Å²) in [6.45, 7) is 5.79. The number of aliphatic imine (C=N–C) groups is 1. The summed E-state index contributed by atoms with van der Waals surface area (Å²) >= 11 is 1.81. The third-order valence-electron chi connectivity index (χ3n) is 3.24. The van der Waals surface area contributed by atoms with Crippen molar-refractivity contribution in [2.24, 2.45) is 4.99 Å². The smallest absolute Gasteiger partial charge is 0.215 e. The SMILES string of the molecule is CCC(C)NC(=NC)NCCS(=O)(=O)N1CCSCC1.